The first-order valence-electron chi connectivity index (χ1n) is 6.25. The lowest BCUT2D eigenvalue weighted by molar-refractivity contribution is 0.410. The molecule has 0 unspecified atom stereocenters. The second-order valence-electron chi connectivity index (χ2n) is 4.27. The summed E-state index contributed by atoms with van der Waals surface area (Å²) < 4.78 is 10.9. The highest BCUT2D eigenvalue weighted by atomic mass is 16.5. The number of hydrogen-bond acceptors (Lipinski definition) is 3. The molecule has 2 rings (SSSR count). The monoisotopic (exact) mass is 257 g/mol. The van der Waals surface area contributed by atoms with Gasteiger partial charge in [0.15, 0.2) is 0 Å². The van der Waals surface area contributed by atoms with Gasteiger partial charge in [-0.1, -0.05) is 24.3 Å². The van der Waals surface area contributed by atoms with Gasteiger partial charge < -0.3 is 14.8 Å². The van der Waals surface area contributed by atoms with Crippen molar-refractivity contribution in [2.45, 2.75) is 6.54 Å². The molecule has 0 atom stereocenters. The van der Waals surface area contributed by atoms with Crippen LogP contribution in [0.4, 0.5) is 0 Å². The summed E-state index contributed by atoms with van der Waals surface area (Å²) in [5, 5.41) is 3.16. The molecule has 0 heterocycles. The summed E-state index contributed by atoms with van der Waals surface area (Å²) in [5.74, 6) is 1.70. The zero-order valence-electron chi connectivity index (χ0n) is 11.6. The molecule has 0 saturated heterocycles. The van der Waals surface area contributed by atoms with Gasteiger partial charge in [0, 0.05) is 17.7 Å². The summed E-state index contributed by atoms with van der Waals surface area (Å²) in [4.78, 5) is 0. The maximum Gasteiger partial charge on any atom is 0.126 e. The lowest BCUT2D eigenvalue weighted by atomic mass is 10.0. The van der Waals surface area contributed by atoms with Crippen molar-refractivity contribution in [1.82, 2.24) is 5.32 Å². The number of nitrogens with one attached hydrogen (secondary N) is 1. The highest BCUT2D eigenvalue weighted by Crippen LogP contribution is 2.36. The van der Waals surface area contributed by atoms with E-state index < -0.39 is 0 Å². The molecule has 0 bridgehead atoms. The van der Waals surface area contributed by atoms with Gasteiger partial charge in [-0.25, -0.2) is 0 Å². The fourth-order valence-electron chi connectivity index (χ4n) is 2.15. The zero-order chi connectivity index (χ0) is 13.7. The predicted molar refractivity (Wildman–Crippen MR) is 77.7 cm³/mol. The molecule has 3 nitrogen and oxygen atoms in total. The van der Waals surface area contributed by atoms with Crippen LogP contribution in [0.3, 0.4) is 0 Å². The number of ether oxygens (including phenoxy) is 2. The molecule has 0 amide bonds. The van der Waals surface area contributed by atoms with E-state index in [9.17, 15) is 0 Å². The van der Waals surface area contributed by atoms with Crippen LogP contribution >= 0.6 is 0 Å². The van der Waals surface area contributed by atoms with Crippen LogP contribution in [0.1, 0.15) is 5.56 Å². The lowest BCUT2D eigenvalue weighted by Crippen LogP contribution is -2.05. The van der Waals surface area contributed by atoms with Gasteiger partial charge in [-0.15, -0.1) is 0 Å². The van der Waals surface area contributed by atoms with Gasteiger partial charge in [-0.3, -0.25) is 0 Å². The van der Waals surface area contributed by atoms with Crippen molar-refractivity contribution in [3.63, 3.8) is 0 Å². The number of benzene rings is 2. The summed E-state index contributed by atoms with van der Waals surface area (Å²) in [6.07, 6.45) is 0. The third kappa shape index (κ3) is 2.88. The molecule has 0 radical (unpaired) electrons. The predicted octanol–water partition coefficient (Wildman–Crippen LogP) is 3.09. The van der Waals surface area contributed by atoms with Crippen LogP contribution in [0.5, 0.6) is 11.5 Å². The van der Waals surface area contributed by atoms with E-state index in [1.165, 1.54) is 5.56 Å². The third-order valence-electron chi connectivity index (χ3n) is 3.04. The smallest absolute Gasteiger partial charge is 0.126 e. The molecule has 0 aliphatic heterocycles. The van der Waals surface area contributed by atoms with Crippen LogP contribution < -0.4 is 14.8 Å². The Hall–Kier alpha value is -2.00. The average Bonchev–Trinajstić information content (AvgIpc) is 2.47. The van der Waals surface area contributed by atoms with Gasteiger partial charge in [0.25, 0.3) is 0 Å². The van der Waals surface area contributed by atoms with Crippen molar-refractivity contribution in [2.24, 2.45) is 0 Å². The number of rotatable bonds is 5. The van der Waals surface area contributed by atoms with Crippen LogP contribution in [-0.2, 0) is 6.54 Å². The second kappa shape index (κ2) is 6.25. The SMILES string of the molecule is CNCc1ccc(OC)c(-c2ccccc2OC)c1. The Labute approximate surface area is 114 Å². The fourth-order valence-corrected chi connectivity index (χ4v) is 2.15. The topological polar surface area (TPSA) is 30.5 Å². The van der Waals surface area contributed by atoms with Crippen molar-refractivity contribution in [1.29, 1.82) is 0 Å². The Morgan fingerprint density at radius 3 is 2.26 bits per heavy atom. The first kappa shape index (κ1) is 13.4. The molecule has 3 heteroatoms. The maximum absolute atomic E-state index is 5.46. The molecule has 0 saturated carbocycles. The summed E-state index contributed by atoms with van der Waals surface area (Å²) in [7, 11) is 5.31. The number of para-hydroxylation sites is 1. The van der Waals surface area contributed by atoms with Crippen molar-refractivity contribution in [3.05, 3.63) is 48.0 Å². The molecular formula is C16H19NO2. The van der Waals surface area contributed by atoms with Crippen LogP contribution in [0, 0.1) is 0 Å². The zero-order valence-corrected chi connectivity index (χ0v) is 11.6. The van der Waals surface area contributed by atoms with Gasteiger partial charge in [-0.2, -0.15) is 0 Å². The van der Waals surface area contributed by atoms with Crippen LogP contribution in [0.2, 0.25) is 0 Å². The molecule has 0 fully saturated rings. The van der Waals surface area contributed by atoms with E-state index in [2.05, 4.69) is 17.4 Å². The maximum atomic E-state index is 5.46. The van der Waals surface area contributed by atoms with Crippen LogP contribution in [0.25, 0.3) is 11.1 Å². The van der Waals surface area contributed by atoms with Crippen molar-refractivity contribution in [3.8, 4) is 22.6 Å². The fraction of sp³-hybridized carbons (Fsp3) is 0.250. The Kier molecular flexibility index (Phi) is 4.42. The van der Waals surface area contributed by atoms with E-state index in [0.717, 1.165) is 29.2 Å². The highest BCUT2D eigenvalue weighted by molar-refractivity contribution is 5.76. The summed E-state index contributed by atoms with van der Waals surface area (Å²) >= 11 is 0. The molecule has 0 spiro atoms. The molecule has 1 N–H and O–H groups in total. The second-order valence-corrected chi connectivity index (χ2v) is 4.27. The van der Waals surface area contributed by atoms with Gasteiger partial charge in [0.1, 0.15) is 11.5 Å². The minimum absolute atomic E-state index is 0.826. The molecular weight excluding hydrogens is 238 g/mol. The Balaban J connectivity index is 2.55. The van der Waals surface area contributed by atoms with E-state index in [-0.39, 0.29) is 0 Å². The van der Waals surface area contributed by atoms with Crippen molar-refractivity contribution >= 4 is 0 Å². The first-order valence-corrected chi connectivity index (χ1v) is 6.25. The molecule has 19 heavy (non-hydrogen) atoms. The lowest BCUT2D eigenvalue weighted by Gasteiger charge is -2.13. The molecule has 100 valence electrons. The quantitative estimate of drug-likeness (QED) is 0.893. The normalized spacial score (nSPS) is 10.3. The van der Waals surface area contributed by atoms with E-state index in [4.69, 9.17) is 9.47 Å². The largest absolute Gasteiger partial charge is 0.496 e. The Morgan fingerprint density at radius 2 is 1.58 bits per heavy atom. The van der Waals surface area contributed by atoms with E-state index in [1.54, 1.807) is 14.2 Å². The minimum Gasteiger partial charge on any atom is -0.496 e. The van der Waals surface area contributed by atoms with Gasteiger partial charge >= 0.3 is 0 Å². The van der Waals surface area contributed by atoms with E-state index in [1.807, 2.05) is 37.4 Å². The molecule has 2 aromatic carbocycles. The van der Waals surface area contributed by atoms with Crippen molar-refractivity contribution < 1.29 is 9.47 Å². The van der Waals surface area contributed by atoms with Gasteiger partial charge in [0.05, 0.1) is 14.2 Å². The summed E-state index contributed by atoms with van der Waals surface area (Å²) in [5.41, 5.74) is 3.30. The number of methoxy groups -OCH3 is 2. The molecule has 0 aliphatic rings. The number of hydrogen-bond donors (Lipinski definition) is 1. The van der Waals surface area contributed by atoms with Crippen LogP contribution in [-0.4, -0.2) is 21.3 Å². The molecule has 2 aromatic rings. The summed E-state index contributed by atoms with van der Waals surface area (Å²) in [6.45, 7) is 0.826. The Bertz CT molecular complexity index is 552. The van der Waals surface area contributed by atoms with E-state index >= 15 is 0 Å². The molecule has 0 aliphatic carbocycles. The van der Waals surface area contributed by atoms with Gasteiger partial charge in [0.2, 0.25) is 0 Å². The average molecular weight is 257 g/mol. The van der Waals surface area contributed by atoms with Gasteiger partial charge in [-0.05, 0) is 30.8 Å². The van der Waals surface area contributed by atoms with Crippen molar-refractivity contribution in [2.75, 3.05) is 21.3 Å². The third-order valence-corrected chi connectivity index (χ3v) is 3.04. The standard InChI is InChI=1S/C16H19NO2/c1-17-11-12-8-9-16(19-3)14(10-12)13-6-4-5-7-15(13)18-2/h4-10,17H,11H2,1-3H3. The summed E-state index contributed by atoms with van der Waals surface area (Å²) in [6, 6.07) is 14.2. The minimum atomic E-state index is 0.826. The van der Waals surface area contributed by atoms with Crippen LogP contribution in [0.15, 0.2) is 42.5 Å². The molecule has 0 aromatic heterocycles. The first-order chi connectivity index (χ1) is 9.30. The Morgan fingerprint density at radius 1 is 0.895 bits per heavy atom. The van der Waals surface area contributed by atoms with E-state index in [0.29, 0.717) is 0 Å². The highest BCUT2D eigenvalue weighted by Gasteiger charge is 2.11.